The number of carboxylic acid groups (broad SMARTS) is 1. The van der Waals surface area contributed by atoms with Crippen molar-refractivity contribution in [2.24, 2.45) is 5.92 Å². The summed E-state index contributed by atoms with van der Waals surface area (Å²) in [4.78, 5) is 14.9. The molecule has 1 aromatic carbocycles. The monoisotopic (exact) mass is 287 g/mol. The molecular weight excluding hydrogens is 279 g/mol. The van der Waals surface area contributed by atoms with Crippen molar-refractivity contribution in [1.82, 2.24) is 4.98 Å². The van der Waals surface area contributed by atoms with E-state index >= 15 is 0 Å². The van der Waals surface area contributed by atoms with E-state index in [1.807, 2.05) is 0 Å². The number of hydrogen-bond donors (Lipinski definition) is 1. The first-order valence-electron chi connectivity index (χ1n) is 5.57. The van der Waals surface area contributed by atoms with E-state index in [-0.39, 0.29) is 11.4 Å². The molecule has 2 aromatic rings. The molecule has 1 aliphatic rings. The molecule has 1 aromatic heterocycles. The number of aliphatic carboxylic acids is 1. The van der Waals surface area contributed by atoms with Crippen LogP contribution < -0.4 is 0 Å². The summed E-state index contributed by atoms with van der Waals surface area (Å²) in [7, 11) is 0. The third kappa shape index (κ3) is 2.18. The number of carboxylic acids is 1. The maximum absolute atomic E-state index is 12.6. The number of thiazole rings is 1. The Bertz CT molecular complexity index is 665. The van der Waals surface area contributed by atoms with Crippen LogP contribution in [0.1, 0.15) is 22.9 Å². The van der Waals surface area contributed by atoms with E-state index in [4.69, 9.17) is 5.11 Å². The first kappa shape index (κ1) is 12.4. The number of halogens is 3. The van der Waals surface area contributed by atoms with E-state index in [0.29, 0.717) is 16.1 Å². The van der Waals surface area contributed by atoms with E-state index in [0.717, 1.165) is 12.1 Å². The van der Waals surface area contributed by atoms with Gasteiger partial charge in [-0.1, -0.05) is 0 Å². The third-order valence-electron chi connectivity index (χ3n) is 3.16. The van der Waals surface area contributed by atoms with Crippen LogP contribution in [0.4, 0.5) is 13.2 Å². The molecule has 0 spiro atoms. The van der Waals surface area contributed by atoms with Crippen LogP contribution in [0, 0.1) is 5.92 Å². The Morgan fingerprint density at radius 1 is 1.42 bits per heavy atom. The minimum atomic E-state index is -4.39. The molecule has 1 N–H and O–H groups in total. The van der Waals surface area contributed by atoms with Gasteiger partial charge in [-0.2, -0.15) is 13.2 Å². The van der Waals surface area contributed by atoms with Gasteiger partial charge in [0.05, 0.1) is 26.7 Å². The minimum absolute atomic E-state index is 0.149. The molecule has 1 heterocycles. The van der Waals surface area contributed by atoms with E-state index in [1.54, 1.807) is 0 Å². The lowest BCUT2D eigenvalue weighted by atomic mass is 10.2. The lowest BCUT2D eigenvalue weighted by Crippen LogP contribution is -2.03. The predicted molar refractivity (Wildman–Crippen MR) is 63.1 cm³/mol. The molecule has 1 aliphatic carbocycles. The van der Waals surface area contributed by atoms with Gasteiger partial charge in [0.15, 0.2) is 0 Å². The van der Waals surface area contributed by atoms with Gasteiger partial charge in [-0.25, -0.2) is 4.98 Å². The van der Waals surface area contributed by atoms with Crippen molar-refractivity contribution in [2.75, 3.05) is 0 Å². The molecule has 19 heavy (non-hydrogen) atoms. The molecule has 0 radical (unpaired) electrons. The highest BCUT2D eigenvalue weighted by Gasteiger charge is 2.46. The van der Waals surface area contributed by atoms with Crippen molar-refractivity contribution in [3.05, 3.63) is 28.8 Å². The Hall–Kier alpha value is -1.63. The molecule has 1 saturated carbocycles. The smallest absolute Gasteiger partial charge is 0.416 e. The van der Waals surface area contributed by atoms with Crippen LogP contribution in [-0.2, 0) is 11.0 Å². The number of alkyl halides is 3. The van der Waals surface area contributed by atoms with Crippen molar-refractivity contribution in [1.29, 1.82) is 0 Å². The average molecular weight is 287 g/mol. The quantitative estimate of drug-likeness (QED) is 0.919. The Balaban J connectivity index is 1.96. The maximum atomic E-state index is 12.6. The highest BCUT2D eigenvalue weighted by atomic mass is 32.1. The summed E-state index contributed by atoms with van der Waals surface area (Å²) in [5.74, 6) is -1.47. The van der Waals surface area contributed by atoms with Crippen LogP contribution in [0.3, 0.4) is 0 Å². The van der Waals surface area contributed by atoms with Gasteiger partial charge < -0.3 is 5.11 Å². The van der Waals surface area contributed by atoms with E-state index < -0.39 is 23.6 Å². The summed E-state index contributed by atoms with van der Waals surface area (Å²) in [6, 6.07) is 3.41. The van der Waals surface area contributed by atoms with Gasteiger partial charge in [0, 0.05) is 5.92 Å². The van der Waals surface area contributed by atoms with E-state index in [9.17, 15) is 18.0 Å². The van der Waals surface area contributed by atoms with E-state index in [2.05, 4.69) is 4.98 Å². The normalized spacial score (nSPS) is 22.7. The van der Waals surface area contributed by atoms with Gasteiger partial charge in [-0.05, 0) is 24.6 Å². The second kappa shape index (κ2) is 3.93. The topological polar surface area (TPSA) is 50.2 Å². The molecular formula is C12H8F3NO2S. The van der Waals surface area contributed by atoms with Gasteiger partial charge in [0.1, 0.15) is 0 Å². The summed E-state index contributed by atoms with van der Waals surface area (Å²) in [6.07, 6.45) is -3.87. The highest BCUT2D eigenvalue weighted by molar-refractivity contribution is 7.18. The molecule has 3 nitrogen and oxygen atoms in total. The van der Waals surface area contributed by atoms with Crippen LogP contribution in [0.25, 0.3) is 10.2 Å². The van der Waals surface area contributed by atoms with Gasteiger partial charge in [-0.15, -0.1) is 11.3 Å². The van der Waals surface area contributed by atoms with Crippen LogP contribution in [0.15, 0.2) is 18.2 Å². The van der Waals surface area contributed by atoms with Gasteiger partial charge >= 0.3 is 12.1 Å². The molecule has 0 aliphatic heterocycles. The largest absolute Gasteiger partial charge is 0.481 e. The summed E-state index contributed by atoms with van der Waals surface area (Å²) in [5.41, 5.74) is -0.451. The van der Waals surface area contributed by atoms with Gasteiger partial charge in [-0.3, -0.25) is 4.79 Å². The Morgan fingerprint density at radius 2 is 2.16 bits per heavy atom. The summed E-state index contributed by atoms with van der Waals surface area (Å²) in [5, 5.41) is 9.45. The number of benzene rings is 1. The third-order valence-corrected chi connectivity index (χ3v) is 4.32. The summed E-state index contributed by atoms with van der Waals surface area (Å²) >= 11 is 1.27. The molecule has 100 valence electrons. The summed E-state index contributed by atoms with van der Waals surface area (Å²) < 4.78 is 38.3. The van der Waals surface area contributed by atoms with Gasteiger partial charge in [0.2, 0.25) is 0 Å². The first-order chi connectivity index (χ1) is 8.86. The predicted octanol–water partition coefficient (Wildman–Crippen LogP) is 3.50. The van der Waals surface area contributed by atoms with Crippen LogP contribution in [-0.4, -0.2) is 16.1 Å². The second-order valence-corrected chi connectivity index (χ2v) is 5.58. The molecule has 0 bridgehead atoms. The molecule has 1 fully saturated rings. The van der Waals surface area contributed by atoms with Crippen LogP contribution >= 0.6 is 11.3 Å². The maximum Gasteiger partial charge on any atom is 0.416 e. The number of hydrogen-bond acceptors (Lipinski definition) is 3. The van der Waals surface area contributed by atoms with Crippen molar-refractivity contribution in [3.8, 4) is 0 Å². The lowest BCUT2D eigenvalue weighted by molar-refractivity contribution is -0.139. The van der Waals surface area contributed by atoms with Crippen molar-refractivity contribution >= 4 is 27.5 Å². The molecule has 0 saturated heterocycles. The number of nitrogens with zero attached hydrogens (tertiary/aromatic N) is 1. The lowest BCUT2D eigenvalue weighted by Gasteiger charge is -2.04. The highest BCUT2D eigenvalue weighted by Crippen LogP contribution is 2.49. The van der Waals surface area contributed by atoms with Crippen molar-refractivity contribution in [2.45, 2.75) is 18.5 Å². The molecule has 2 unspecified atom stereocenters. The zero-order valence-electron chi connectivity index (χ0n) is 9.44. The summed E-state index contributed by atoms with van der Waals surface area (Å²) in [6.45, 7) is 0. The van der Waals surface area contributed by atoms with Crippen LogP contribution in [0.2, 0.25) is 0 Å². The standard InChI is InChI=1S/C12H8F3NO2S/c13-12(14,15)5-1-2-9-8(3-5)16-10(19-9)6-4-7(6)11(17)18/h1-3,6-7H,4H2,(H,17,18). The first-order valence-corrected chi connectivity index (χ1v) is 6.38. The SMILES string of the molecule is O=C(O)C1CC1c1nc2cc(C(F)(F)F)ccc2s1. The Morgan fingerprint density at radius 3 is 2.74 bits per heavy atom. The average Bonchev–Trinajstić information content (AvgIpc) is 3.00. The number of carbonyl (C=O) groups is 1. The minimum Gasteiger partial charge on any atom is -0.481 e. The molecule has 0 amide bonds. The van der Waals surface area contributed by atoms with Crippen LogP contribution in [0.5, 0.6) is 0 Å². The van der Waals surface area contributed by atoms with Gasteiger partial charge in [0.25, 0.3) is 0 Å². The molecule has 3 rings (SSSR count). The van der Waals surface area contributed by atoms with E-state index in [1.165, 1.54) is 17.4 Å². The Kier molecular flexibility index (Phi) is 2.57. The Labute approximate surface area is 109 Å². The zero-order valence-corrected chi connectivity index (χ0v) is 10.3. The fraction of sp³-hybridized carbons (Fsp3) is 0.333. The number of aromatic nitrogens is 1. The molecule has 2 atom stereocenters. The fourth-order valence-corrected chi connectivity index (χ4v) is 3.15. The van der Waals surface area contributed by atoms with Crippen molar-refractivity contribution < 1.29 is 23.1 Å². The molecule has 7 heteroatoms. The van der Waals surface area contributed by atoms with Crippen molar-refractivity contribution in [3.63, 3.8) is 0 Å². The fourth-order valence-electron chi connectivity index (χ4n) is 2.02. The zero-order chi connectivity index (χ0) is 13.8. The second-order valence-electron chi connectivity index (χ2n) is 4.52. The number of fused-ring (bicyclic) bond motifs is 1. The number of rotatable bonds is 2.